The van der Waals surface area contributed by atoms with Crippen molar-refractivity contribution in [3.8, 4) is 11.1 Å². The Morgan fingerprint density at radius 3 is 2.21 bits per heavy atom. The van der Waals surface area contributed by atoms with Gasteiger partial charge in [0.25, 0.3) is 0 Å². The van der Waals surface area contributed by atoms with Crippen LogP contribution in [0.2, 0.25) is 5.02 Å². The number of carboxylic acid groups (broad SMARTS) is 1. The third-order valence-electron chi connectivity index (χ3n) is 5.68. The Balaban J connectivity index is 1.21. The van der Waals surface area contributed by atoms with Gasteiger partial charge in [-0.15, -0.1) is 0 Å². The van der Waals surface area contributed by atoms with Gasteiger partial charge in [0.2, 0.25) is 5.91 Å². The van der Waals surface area contributed by atoms with Gasteiger partial charge in [-0.25, -0.2) is 9.59 Å². The minimum absolute atomic E-state index is 0.0128. The Labute approximate surface area is 201 Å². The van der Waals surface area contributed by atoms with Crippen LogP contribution in [-0.2, 0) is 9.53 Å². The van der Waals surface area contributed by atoms with Crippen LogP contribution in [-0.4, -0.2) is 36.2 Å². The Morgan fingerprint density at radius 1 is 0.941 bits per heavy atom. The van der Waals surface area contributed by atoms with E-state index in [1.54, 1.807) is 0 Å². The maximum absolute atomic E-state index is 12.2. The lowest BCUT2D eigenvalue weighted by atomic mass is 9.98. The van der Waals surface area contributed by atoms with Gasteiger partial charge in [-0.05, 0) is 46.9 Å². The van der Waals surface area contributed by atoms with Crippen LogP contribution in [0.3, 0.4) is 0 Å². The lowest BCUT2D eigenvalue weighted by Crippen LogP contribution is -2.27. The molecule has 1 aliphatic rings. The topological polar surface area (TPSA) is 105 Å². The number of anilines is 1. The molecule has 174 valence electrons. The van der Waals surface area contributed by atoms with Gasteiger partial charge in [0.05, 0.1) is 16.3 Å². The second kappa shape index (κ2) is 10.4. The third kappa shape index (κ3) is 5.21. The number of carbonyl (C=O) groups excluding carboxylic acids is 2. The molecule has 0 bridgehead atoms. The van der Waals surface area contributed by atoms with E-state index in [1.165, 1.54) is 18.2 Å². The van der Waals surface area contributed by atoms with Crippen LogP contribution < -0.4 is 10.6 Å². The van der Waals surface area contributed by atoms with E-state index in [1.807, 2.05) is 24.3 Å². The van der Waals surface area contributed by atoms with Crippen LogP contribution in [0.15, 0.2) is 66.7 Å². The lowest BCUT2D eigenvalue weighted by molar-refractivity contribution is -0.116. The molecule has 4 rings (SSSR count). The van der Waals surface area contributed by atoms with Crippen LogP contribution >= 0.6 is 11.6 Å². The first-order chi connectivity index (χ1) is 16.4. The molecule has 0 heterocycles. The molecule has 0 fully saturated rings. The molecule has 0 unspecified atom stereocenters. The fraction of sp³-hybridized carbons (Fsp3) is 0.192. The second-order valence-corrected chi connectivity index (χ2v) is 8.31. The van der Waals surface area contributed by atoms with Gasteiger partial charge < -0.3 is 20.5 Å². The summed E-state index contributed by atoms with van der Waals surface area (Å²) in [7, 11) is 0. The summed E-state index contributed by atoms with van der Waals surface area (Å²) >= 11 is 6.02. The van der Waals surface area contributed by atoms with Crippen molar-refractivity contribution >= 4 is 35.3 Å². The van der Waals surface area contributed by atoms with Gasteiger partial charge in [-0.3, -0.25) is 4.79 Å². The average molecular weight is 479 g/mol. The number of fused-ring (bicyclic) bond motifs is 3. The van der Waals surface area contributed by atoms with E-state index in [4.69, 9.17) is 21.4 Å². The summed E-state index contributed by atoms with van der Waals surface area (Å²) in [5.41, 5.74) is 4.98. The molecule has 0 atom stereocenters. The Morgan fingerprint density at radius 2 is 1.59 bits per heavy atom. The second-order valence-electron chi connectivity index (χ2n) is 7.90. The highest BCUT2D eigenvalue weighted by Crippen LogP contribution is 2.44. The molecule has 3 aromatic rings. The van der Waals surface area contributed by atoms with E-state index in [-0.39, 0.29) is 42.0 Å². The number of carboxylic acids is 1. The zero-order valence-corrected chi connectivity index (χ0v) is 19.0. The number of amides is 2. The SMILES string of the molecule is O=C(CCCNC(=O)OCC1c2ccccc2-c2ccccc21)Nc1ccc(C(=O)O)cc1Cl. The summed E-state index contributed by atoms with van der Waals surface area (Å²) in [5.74, 6) is -1.40. The van der Waals surface area contributed by atoms with Crippen molar-refractivity contribution in [3.63, 3.8) is 0 Å². The Hall–Kier alpha value is -3.84. The summed E-state index contributed by atoms with van der Waals surface area (Å²) in [6.45, 7) is 0.501. The maximum atomic E-state index is 12.2. The summed E-state index contributed by atoms with van der Waals surface area (Å²) in [4.78, 5) is 35.3. The number of hydrogen-bond acceptors (Lipinski definition) is 4. The number of alkyl carbamates (subject to hydrolysis) is 1. The van der Waals surface area contributed by atoms with E-state index >= 15 is 0 Å². The molecule has 7 nitrogen and oxygen atoms in total. The molecule has 8 heteroatoms. The molecule has 0 aromatic heterocycles. The largest absolute Gasteiger partial charge is 0.478 e. The number of hydrogen-bond donors (Lipinski definition) is 3. The van der Waals surface area contributed by atoms with Gasteiger partial charge in [-0.2, -0.15) is 0 Å². The van der Waals surface area contributed by atoms with E-state index in [0.29, 0.717) is 12.1 Å². The first-order valence-corrected chi connectivity index (χ1v) is 11.2. The fourth-order valence-corrected chi connectivity index (χ4v) is 4.28. The molecule has 0 saturated carbocycles. The van der Waals surface area contributed by atoms with Crippen LogP contribution in [0.5, 0.6) is 0 Å². The van der Waals surface area contributed by atoms with E-state index < -0.39 is 12.1 Å². The number of rotatable bonds is 8. The third-order valence-corrected chi connectivity index (χ3v) is 6.00. The molecule has 3 N–H and O–H groups in total. The summed E-state index contributed by atoms with van der Waals surface area (Å²) in [6, 6.07) is 20.3. The molecular formula is C26H23ClN2O5. The molecule has 1 aliphatic carbocycles. The number of nitrogens with one attached hydrogen (secondary N) is 2. The minimum Gasteiger partial charge on any atom is -0.478 e. The van der Waals surface area contributed by atoms with Gasteiger partial charge in [-0.1, -0.05) is 60.1 Å². The van der Waals surface area contributed by atoms with Crippen molar-refractivity contribution < 1.29 is 24.2 Å². The molecule has 2 amide bonds. The molecule has 3 aromatic carbocycles. The van der Waals surface area contributed by atoms with Crippen molar-refractivity contribution in [2.75, 3.05) is 18.5 Å². The van der Waals surface area contributed by atoms with E-state index in [2.05, 4.69) is 34.9 Å². The van der Waals surface area contributed by atoms with E-state index in [9.17, 15) is 14.4 Å². The first kappa shape index (κ1) is 23.3. The quantitative estimate of drug-likeness (QED) is 0.381. The van der Waals surface area contributed by atoms with Crippen LogP contribution in [0.4, 0.5) is 10.5 Å². The zero-order chi connectivity index (χ0) is 24.1. The Kier molecular flexibility index (Phi) is 7.13. The number of halogens is 1. The van der Waals surface area contributed by atoms with Gasteiger partial charge in [0, 0.05) is 18.9 Å². The van der Waals surface area contributed by atoms with Crippen molar-refractivity contribution in [1.29, 1.82) is 0 Å². The number of carbonyl (C=O) groups is 3. The monoisotopic (exact) mass is 478 g/mol. The minimum atomic E-state index is -1.10. The molecule has 34 heavy (non-hydrogen) atoms. The fourth-order valence-electron chi connectivity index (χ4n) is 4.05. The standard InChI is InChI=1S/C26H23ClN2O5/c27-22-14-16(25(31)32)11-12-23(22)29-24(30)10-5-13-28-26(33)34-15-21-19-8-3-1-6-17(19)18-7-2-4-9-20(18)21/h1-4,6-9,11-12,14,21H,5,10,13,15H2,(H,28,33)(H,29,30)(H,31,32). The maximum Gasteiger partial charge on any atom is 0.407 e. The van der Waals surface area contributed by atoms with Gasteiger partial charge in [0.1, 0.15) is 6.61 Å². The van der Waals surface area contributed by atoms with Crippen molar-refractivity contribution in [1.82, 2.24) is 5.32 Å². The van der Waals surface area contributed by atoms with Crippen LogP contribution in [0.1, 0.15) is 40.2 Å². The predicted molar refractivity (Wildman–Crippen MR) is 129 cm³/mol. The number of benzene rings is 3. The highest BCUT2D eigenvalue weighted by molar-refractivity contribution is 6.34. The van der Waals surface area contributed by atoms with Gasteiger partial charge in [0.15, 0.2) is 0 Å². The van der Waals surface area contributed by atoms with Crippen LogP contribution in [0, 0.1) is 0 Å². The zero-order valence-electron chi connectivity index (χ0n) is 18.2. The van der Waals surface area contributed by atoms with E-state index in [0.717, 1.165) is 22.3 Å². The number of ether oxygens (including phenoxy) is 1. The number of aromatic carboxylic acids is 1. The predicted octanol–water partition coefficient (Wildman–Crippen LogP) is 5.30. The smallest absolute Gasteiger partial charge is 0.407 e. The van der Waals surface area contributed by atoms with Crippen molar-refractivity contribution in [2.24, 2.45) is 0 Å². The highest BCUT2D eigenvalue weighted by atomic mass is 35.5. The van der Waals surface area contributed by atoms with Gasteiger partial charge >= 0.3 is 12.1 Å². The molecule has 0 spiro atoms. The Bertz CT molecular complexity index is 1200. The molecule has 0 saturated heterocycles. The summed E-state index contributed by atoms with van der Waals surface area (Å²) < 4.78 is 5.47. The van der Waals surface area contributed by atoms with Crippen molar-refractivity contribution in [3.05, 3.63) is 88.4 Å². The normalized spacial score (nSPS) is 11.9. The molecule has 0 aliphatic heterocycles. The lowest BCUT2D eigenvalue weighted by Gasteiger charge is -2.14. The van der Waals surface area contributed by atoms with Crippen LogP contribution in [0.25, 0.3) is 11.1 Å². The first-order valence-electron chi connectivity index (χ1n) is 10.9. The molecule has 0 radical (unpaired) electrons. The van der Waals surface area contributed by atoms with Crippen molar-refractivity contribution in [2.45, 2.75) is 18.8 Å². The average Bonchev–Trinajstić information content (AvgIpc) is 3.15. The highest BCUT2D eigenvalue weighted by Gasteiger charge is 2.28. The summed E-state index contributed by atoms with van der Waals surface area (Å²) in [5, 5.41) is 14.4. The summed E-state index contributed by atoms with van der Waals surface area (Å²) in [6.07, 6.45) is 0.0243. The molecular weight excluding hydrogens is 456 g/mol.